The molecule has 2 aromatic heterocycles. The van der Waals surface area contributed by atoms with Gasteiger partial charge in [0, 0.05) is 29.6 Å². The maximum absolute atomic E-state index is 14.2. The first-order chi connectivity index (χ1) is 18.1. The first-order valence-electron chi connectivity index (χ1n) is 11.3. The van der Waals surface area contributed by atoms with E-state index < -0.39 is 11.6 Å². The molecule has 182 valence electrons. The lowest BCUT2D eigenvalue weighted by atomic mass is 10.1. The van der Waals surface area contributed by atoms with Crippen molar-refractivity contribution in [3.05, 3.63) is 108 Å². The molecule has 4 heterocycles. The van der Waals surface area contributed by atoms with Crippen LogP contribution in [0.4, 0.5) is 8.78 Å². The van der Waals surface area contributed by atoms with Gasteiger partial charge in [0.2, 0.25) is 0 Å². The molecule has 0 bridgehead atoms. The predicted molar refractivity (Wildman–Crippen MR) is 129 cm³/mol. The summed E-state index contributed by atoms with van der Waals surface area (Å²) in [6, 6.07) is 17.1. The van der Waals surface area contributed by atoms with Crippen LogP contribution in [0.2, 0.25) is 0 Å². The van der Waals surface area contributed by atoms with Crippen molar-refractivity contribution in [3.63, 3.8) is 0 Å². The Kier molecular flexibility index (Phi) is 5.81. The Morgan fingerprint density at radius 2 is 1.76 bits per heavy atom. The second-order valence-corrected chi connectivity index (χ2v) is 8.24. The Hall–Kier alpha value is -4.99. The summed E-state index contributed by atoms with van der Waals surface area (Å²) < 4.78 is 40.7. The highest BCUT2D eigenvalue weighted by Gasteiger charge is 2.18. The molecule has 0 unspecified atom stereocenters. The van der Waals surface area contributed by atoms with Crippen LogP contribution in [0.25, 0.3) is 34.0 Å². The smallest absolute Gasteiger partial charge is 0.169 e. The minimum Gasteiger partial charge on any atom is -0.489 e. The van der Waals surface area contributed by atoms with Gasteiger partial charge >= 0.3 is 0 Å². The van der Waals surface area contributed by atoms with E-state index in [1.807, 2.05) is 42.5 Å². The number of halogens is 2. The molecule has 10 heteroatoms. The molecule has 0 spiro atoms. The Morgan fingerprint density at radius 3 is 2.59 bits per heavy atom. The van der Waals surface area contributed by atoms with E-state index in [9.17, 15) is 8.78 Å². The molecule has 0 fully saturated rings. The molecular formula is C27H18F2N6O2. The number of nitrogens with zero attached hydrogens (tertiary/aromatic N) is 6. The van der Waals surface area contributed by atoms with E-state index in [2.05, 4.69) is 25.2 Å². The molecule has 6 rings (SSSR count). The molecule has 0 amide bonds. The molecule has 2 aliphatic rings. The van der Waals surface area contributed by atoms with Crippen molar-refractivity contribution >= 4 is 0 Å². The second-order valence-electron chi connectivity index (χ2n) is 8.24. The summed E-state index contributed by atoms with van der Waals surface area (Å²) in [4.78, 5) is 12.7. The van der Waals surface area contributed by atoms with E-state index >= 15 is 0 Å². The third kappa shape index (κ3) is 4.76. The van der Waals surface area contributed by atoms with Crippen LogP contribution < -0.4 is 4.74 Å². The fraction of sp³-hybridized carbons (Fsp3) is 0.0741. The maximum Gasteiger partial charge on any atom is 0.169 e. The zero-order valence-electron chi connectivity index (χ0n) is 19.3. The van der Waals surface area contributed by atoms with Gasteiger partial charge in [-0.25, -0.2) is 18.7 Å². The van der Waals surface area contributed by atoms with E-state index in [0.29, 0.717) is 36.0 Å². The van der Waals surface area contributed by atoms with E-state index in [1.165, 1.54) is 18.3 Å². The Morgan fingerprint density at radius 1 is 0.892 bits per heavy atom. The molecule has 0 saturated carbocycles. The quantitative estimate of drug-likeness (QED) is 0.292. The van der Waals surface area contributed by atoms with E-state index in [1.54, 1.807) is 23.3 Å². The summed E-state index contributed by atoms with van der Waals surface area (Å²) in [5.74, 6) is -0.521. The number of imidazole rings is 1. The first kappa shape index (κ1) is 22.5. The summed E-state index contributed by atoms with van der Waals surface area (Å²) in [7, 11) is 0. The molecule has 0 N–H and O–H groups in total. The lowest BCUT2D eigenvalue weighted by Crippen LogP contribution is -2.04. The monoisotopic (exact) mass is 496 g/mol. The summed E-state index contributed by atoms with van der Waals surface area (Å²) in [5.41, 5.74) is 3.50. The second kappa shape index (κ2) is 9.57. The number of rotatable bonds is 7. The van der Waals surface area contributed by atoms with Gasteiger partial charge in [0.15, 0.2) is 23.2 Å². The van der Waals surface area contributed by atoms with Crippen molar-refractivity contribution in [1.82, 2.24) is 29.9 Å². The lowest BCUT2D eigenvalue weighted by Gasteiger charge is -2.06. The van der Waals surface area contributed by atoms with E-state index in [-0.39, 0.29) is 11.4 Å². The number of aromatic nitrogens is 6. The van der Waals surface area contributed by atoms with Gasteiger partial charge in [-0.05, 0) is 42.5 Å². The fourth-order valence-corrected chi connectivity index (χ4v) is 3.80. The van der Waals surface area contributed by atoms with Gasteiger partial charge in [0.05, 0.1) is 18.0 Å². The van der Waals surface area contributed by atoms with Gasteiger partial charge in [0.25, 0.3) is 0 Å². The first-order valence-corrected chi connectivity index (χ1v) is 11.3. The summed E-state index contributed by atoms with van der Waals surface area (Å²) >= 11 is 0. The molecular weight excluding hydrogens is 478 g/mol. The van der Waals surface area contributed by atoms with Crippen molar-refractivity contribution in [2.24, 2.45) is 0 Å². The minimum atomic E-state index is -0.985. The van der Waals surface area contributed by atoms with E-state index in [4.69, 9.17) is 9.26 Å². The Balaban J connectivity index is 1.15. The van der Waals surface area contributed by atoms with Crippen molar-refractivity contribution in [2.45, 2.75) is 13.2 Å². The number of fused-ring (bicyclic) bond motifs is 1. The standard InChI is InChI=1S/C27H18F2N6O2/c28-22-5-1-4-21(26(22)29)27-32-24-13-31-35(15-25(24)33-27)14-20-11-23(34-37-20)18-6-8-19(9-7-18)36-16-17-3-2-10-30-12-17/h1-13,15H,14,16H2. The van der Waals surface area contributed by atoms with Crippen molar-refractivity contribution < 1.29 is 18.0 Å². The Labute approximate surface area is 209 Å². The third-order valence-electron chi connectivity index (χ3n) is 5.66. The van der Waals surface area contributed by atoms with Crippen molar-refractivity contribution in [1.29, 1.82) is 0 Å². The van der Waals surface area contributed by atoms with Crippen LogP contribution >= 0.6 is 0 Å². The average Bonchev–Trinajstić information content (AvgIpc) is 3.57. The zero-order chi connectivity index (χ0) is 25.2. The van der Waals surface area contributed by atoms with Gasteiger partial charge in [-0.15, -0.1) is 0 Å². The molecule has 0 atom stereocenters. The largest absolute Gasteiger partial charge is 0.489 e. The van der Waals surface area contributed by atoms with Crippen LogP contribution in [0.5, 0.6) is 5.75 Å². The highest BCUT2D eigenvalue weighted by molar-refractivity contribution is 5.65. The average molecular weight is 496 g/mol. The number of benzene rings is 2. The van der Waals surface area contributed by atoms with Crippen LogP contribution in [0.1, 0.15) is 11.3 Å². The molecule has 2 aliphatic heterocycles. The molecule has 2 aromatic carbocycles. The van der Waals surface area contributed by atoms with Crippen LogP contribution in [0.15, 0.2) is 90.0 Å². The number of ether oxygens (including phenoxy) is 1. The van der Waals surface area contributed by atoms with E-state index in [0.717, 1.165) is 22.9 Å². The summed E-state index contributed by atoms with van der Waals surface area (Å²) in [6.07, 6.45) is 6.67. The molecule has 0 radical (unpaired) electrons. The Bertz CT molecular complexity index is 1630. The predicted octanol–water partition coefficient (Wildman–Crippen LogP) is 5.40. The van der Waals surface area contributed by atoms with Crippen LogP contribution in [0, 0.1) is 11.6 Å². The van der Waals surface area contributed by atoms with Crippen LogP contribution in [-0.2, 0) is 13.2 Å². The molecule has 0 saturated heterocycles. The molecule has 8 nitrogen and oxygen atoms in total. The van der Waals surface area contributed by atoms with Gasteiger partial charge in [-0.2, -0.15) is 5.10 Å². The molecule has 0 aliphatic carbocycles. The van der Waals surface area contributed by atoms with Crippen molar-refractivity contribution in [3.8, 4) is 39.8 Å². The fourth-order valence-electron chi connectivity index (χ4n) is 3.80. The van der Waals surface area contributed by atoms with Gasteiger partial charge < -0.3 is 9.26 Å². The third-order valence-corrected chi connectivity index (χ3v) is 5.66. The topological polar surface area (TPSA) is 91.8 Å². The number of hydrogen-bond donors (Lipinski definition) is 0. The molecule has 4 aromatic rings. The van der Waals surface area contributed by atoms with Gasteiger partial charge in [-0.1, -0.05) is 17.3 Å². The lowest BCUT2D eigenvalue weighted by molar-refractivity contribution is 0.306. The van der Waals surface area contributed by atoms with Crippen LogP contribution in [0.3, 0.4) is 0 Å². The van der Waals surface area contributed by atoms with Gasteiger partial charge in [-0.3, -0.25) is 9.67 Å². The van der Waals surface area contributed by atoms with Gasteiger partial charge in [0.1, 0.15) is 36.0 Å². The number of hydrogen-bond acceptors (Lipinski definition) is 7. The summed E-state index contributed by atoms with van der Waals surface area (Å²) in [6.45, 7) is 0.730. The highest BCUT2D eigenvalue weighted by Crippen LogP contribution is 2.27. The van der Waals surface area contributed by atoms with Crippen LogP contribution in [-0.4, -0.2) is 29.9 Å². The minimum absolute atomic E-state index is 0.00359. The normalized spacial score (nSPS) is 11.2. The summed E-state index contributed by atoms with van der Waals surface area (Å²) in [5, 5.41) is 8.49. The van der Waals surface area contributed by atoms with Crippen molar-refractivity contribution in [2.75, 3.05) is 0 Å². The molecule has 37 heavy (non-hydrogen) atoms. The SMILES string of the molecule is Fc1cccc(-c2nc3cnn(Cc4cc(-c5ccc(OCc6cccnc6)cc5)no4)cc-3n2)c1F. The number of pyridine rings is 1. The highest BCUT2D eigenvalue weighted by atomic mass is 19.2. The zero-order valence-corrected chi connectivity index (χ0v) is 19.3. The maximum atomic E-state index is 14.2.